The van der Waals surface area contributed by atoms with Crippen LogP contribution >= 0.6 is 18.7 Å². The van der Waals surface area contributed by atoms with Crippen LogP contribution in [-0.4, -0.2) is 25.3 Å². The summed E-state index contributed by atoms with van der Waals surface area (Å²) < 4.78 is 25.3. The number of carbonyl (C=O) groups is 2. The van der Waals surface area contributed by atoms with Gasteiger partial charge in [-0.05, 0) is 43.2 Å². The van der Waals surface area contributed by atoms with Crippen LogP contribution in [0.4, 0.5) is 0 Å². The Balaban J connectivity index is 2.34. The molecule has 0 aliphatic rings. The predicted molar refractivity (Wildman–Crippen MR) is 123 cm³/mol. The topological polar surface area (TPSA) is 69.7 Å². The Kier molecular flexibility index (Phi) is 6.68. The third-order valence-corrected chi connectivity index (χ3v) is 7.92. The number of aryl methyl sites for hydroxylation is 2. The summed E-state index contributed by atoms with van der Waals surface area (Å²) in [5.41, 5.74) is -0.346. The summed E-state index contributed by atoms with van der Waals surface area (Å²) in [5.74, 6) is 0.364. The van der Waals surface area contributed by atoms with Gasteiger partial charge in [0.2, 0.25) is 18.2 Å². The molecule has 0 spiro atoms. The van der Waals surface area contributed by atoms with Crippen molar-refractivity contribution in [2.24, 2.45) is 0 Å². The van der Waals surface area contributed by atoms with Crippen molar-refractivity contribution in [3.63, 3.8) is 0 Å². The van der Waals surface area contributed by atoms with Crippen LogP contribution in [0.25, 0.3) is 0 Å². The predicted octanol–water partition coefficient (Wildman–Crippen LogP) is 5.64. The molecule has 0 bridgehead atoms. The number of halogens is 1. The number of carbonyl (C=O) groups excluding carboxylic acids is 2. The van der Waals surface area contributed by atoms with Crippen molar-refractivity contribution in [3.05, 3.63) is 87.9 Å². The van der Waals surface area contributed by atoms with Crippen LogP contribution in [-0.2, 0) is 4.57 Å². The summed E-state index contributed by atoms with van der Waals surface area (Å²) in [7, 11) is -1.57. The first-order valence-electron chi connectivity index (χ1n) is 9.48. The van der Waals surface area contributed by atoms with Gasteiger partial charge in [-0.15, -0.1) is 0 Å². The molecule has 0 heterocycles. The van der Waals surface area contributed by atoms with E-state index in [-0.39, 0.29) is 33.0 Å². The Bertz CT molecular complexity index is 1160. The minimum absolute atomic E-state index is 0.0409. The van der Waals surface area contributed by atoms with Crippen molar-refractivity contribution in [1.29, 1.82) is 0 Å². The summed E-state index contributed by atoms with van der Waals surface area (Å²) in [6, 6.07) is 16.2. The Morgan fingerprint density at radius 2 is 1.35 bits per heavy atom. The quantitative estimate of drug-likeness (QED) is 0.430. The second-order valence-electron chi connectivity index (χ2n) is 7.03. The maximum atomic E-state index is 14.5. The molecule has 0 amide bonds. The molecule has 0 aromatic heterocycles. The lowest BCUT2D eigenvalue weighted by molar-refractivity contribution is 0.103. The zero-order valence-electron chi connectivity index (χ0n) is 17.6. The van der Waals surface area contributed by atoms with Gasteiger partial charge in [-0.2, -0.15) is 0 Å². The lowest BCUT2D eigenvalue weighted by Crippen LogP contribution is -2.22. The fourth-order valence-electron chi connectivity index (χ4n) is 3.44. The molecule has 160 valence electrons. The molecular weight excluding hydrogens is 435 g/mol. The first-order valence-corrected chi connectivity index (χ1v) is 11.6. The summed E-state index contributed by atoms with van der Waals surface area (Å²) >= 11 is 6.30. The van der Waals surface area contributed by atoms with Gasteiger partial charge in [0.15, 0.2) is 0 Å². The lowest BCUT2D eigenvalue weighted by Gasteiger charge is -2.21. The van der Waals surface area contributed by atoms with E-state index in [4.69, 9.17) is 21.1 Å². The van der Waals surface area contributed by atoms with Gasteiger partial charge >= 0.3 is 0 Å². The van der Waals surface area contributed by atoms with Gasteiger partial charge in [-0.3, -0.25) is 9.59 Å². The van der Waals surface area contributed by atoms with E-state index in [1.165, 1.54) is 32.4 Å². The van der Waals surface area contributed by atoms with Crippen LogP contribution in [0.5, 0.6) is 11.5 Å². The smallest absolute Gasteiger partial charge is 0.249 e. The molecule has 0 saturated carbocycles. The van der Waals surface area contributed by atoms with E-state index in [1.54, 1.807) is 49.4 Å². The van der Waals surface area contributed by atoms with E-state index in [9.17, 15) is 14.2 Å². The molecule has 3 rings (SSSR count). The molecule has 0 saturated heterocycles. The largest absolute Gasteiger partial charge is 0.496 e. The van der Waals surface area contributed by atoms with Crippen molar-refractivity contribution in [1.82, 2.24) is 0 Å². The molecule has 3 aromatic carbocycles. The van der Waals surface area contributed by atoms with Crippen LogP contribution in [0.1, 0.15) is 31.8 Å². The number of benzene rings is 3. The highest BCUT2D eigenvalue weighted by atomic mass is 35.5. The number of hydrogen-bond donors (Lipinski definition) is 0. The van der Waals surface area contributed by atoms with Crippen LogP contribution < -0.4 is 14.8 Å². The van der Waals surface area contributed by atoms with Gasteiger partial charge in [0.05, 0.1) is 19.2 Å². The van der Waals surface area contributed by atoms with Crippen LogP contribution in [0, 0.1) is 13.8 Å². The first kappa shape index (κ1) is 22.8. The molecular formula is C24H22ClO5P. The molecule has 1 atom stereocenters. The number of rotatable bonds is 7. The summed E-state index contributed by atoms with van der Waals surface area (Å²) in [4.78, 5) is 27.6. The molecule has 0 aliphatic heterocycles. The van der Waals surface area contributed by atoms with Gasteiger partial charge in [0, 0.05) is 10.9 Å². The first-order chi connectivity index (χ1) is 14.7. The average Bonchev–Trinajstić information content (AvgIpc) is 2.77. The van der Waals surface area contributed by atoms with Crippen LogP contribution in [0.2, 0.25) is 5.02 Å². The number of hydrogen-bond acceptors (Lipinski definition) is 5. The Morgan fingerprint density at radius 1 is 0.806 bits per heavy atom. The van der Waals surface area contributed by atoms with Crippen LogP contribution in [0.3, 0.4) is 0 Å². The van der Waals surface area contributed by atoms with Gasteiger partial charge in [-0.25, -0.2) is 0 Å². The second kappa shape index (κ2) is 9.09. The lowest BCUT2D eigenvalue weighted by atomic mass is 10.1. The van der Waals surface area contributed by atoms with E-state index in [0.717, 1.165) is 5.56 Å². The molecule has 5 nitrogen and oxygen atoms in total. The van der Waals surface area contributed by atoms with Crippen molar-refractivity contribution in [3.8, 4) is 11.5 Å². The Morgan fingerprint density at radius 3 is 1.87 bits per heavy atom. The van der Waals surface area contributed by atoms with Gasteiger partial charge in [0.25, 0.3) is 0 Å². The molecule has 3 aromatic rings. The summed E-state index contributed by atoms with van der Waals surface area (Å²) in [5, 5.41) is 0.255. The molecule has 0 radical (unpaired) electrons. The van der Waals surface area contributed by atoms with Gasteiger partial charge in [0.1, 0.15) is 17.1 Å². The number of ether oxygens (including phenoxy) is 2. The highest BCUT2D eigenvalue weighted by molar-refractivity contribution is 8.01. The fourth-order valence-corrected chi connectivity index (χ4v) is 6.20. The van der Waals surface area contributed by atoms with Crippen molar-refractivity contribution >= 4 is 35.1 Å². The maximum Gasteiger partial charge on any atom is 0.249 e. The van der Waals surface area contributed by atoms with E-state index < -0.39 is 18.2 Å². The molecule has 0 fully saturated rings. The Hall–Kier alpha value is -2.88. The van der Waals surface area contributed by atoms with Crippen molar-refractivity contribution < 1.29 is 23.6 Å². The van der Waals surface area contributed by atoms with Crippen molar-refractivity contribution in [2.75, 3.05) is 14.2 Å². The molecule has 0 aliphatic carbocycles. The Labute approximate surface area is 186 Å². The van der Waals surface area contributed by atoms with E-state index in [0.29, 0.717) is 5.56 Å². The zero-order chi connectivity index (χ0) is 22.8. The van der Waals surface area contributed by atoms with E-state index in [2.05, 4.69) is 0 Å². The van der Waals surface area contributed by atoms with Gasteiger partial charge < -0.3 is 14.0 Å². The van der Waals surface area contributed by atoms with Crippen LogP contribution in [0.15, 0.2) is 60.7 Å². The third-order valence-electron chi connectivity index (χ3n) is 4.99. The molecule has 7 heteroatoms. The highest BCUT2D eigenvalue weighted by Crippen LogP contribution is 2.54. The minimum atomic E-state index is -4.37. The van der Waals surface area contributed by atoms with E-state index >= 15 is 0 Å². The fraction of sp³-hybridized carbons (Fsp3) is 0.167. The third kappa shape index (κ3) is 4.04. The van der Waals surface area contributed by atoms with Gasteiger partial charge in [-0.1, -0.05) is 54.1 Å². The zero-order valence-corrected chi connectivity index (χ0v) is 19.3. The minimum Gasteiger partial charge on any atom is -0.496 e. The molecule has 0 N–H and O–H groups in total. The standard InChI is InChI=1S/C24H22ClO5P/c1-15-13-19(29-3)22(20(14-15)30-4)24(27)31(28,17-10-6-5-7-11-17)23(26)21-16(2)9-8-12-18(21)25/h5-14H,1-4H3. The maximum absolute atomic E-state index is 14.5. The van der Waals surface area contributed by atoms with Crippen molar-refractivity contribution in [2.45, 2.75) is 13.8 Å². The molecule has 1 unspecified atom stereocenters. The summed E-state index contributed by atoms with van der Waals surface area (Å²) in [6.45, 7) is 3.50. The second-order valence-corrected chi connectivity index (χ2v) is 9.99. The number of methoxy groups -OCH3 is 2. The van der Waals surface area contributed by atoms with E-state index in [1.807, 2.05) is 6.92 Å². The SMILES string of the molecule is COc1cc(C)cc(OC)c1C(=O)P(=O)(C(=O)c1c(C)cccc1Cl)c1ccccc1. The monoisotopic (exact) mass is 456 g/mol. The average molecular weight is 457 g/mol. The summed E-state index contributed by atoms with van der Waals surface area (Å²) in [6.07, 6.45) is 0. The normalized spacial score (nSPS) is 12.7. The highest BCUT2D eigenvalue weighted by Gasteiger charge is 2.46. The molecule has 31 heavy (non-hydrogen) atoms.